The highest BCUT2D eigenvalue weighted by molar-refractivity contribution is 9.08. The van der Waals surface area contributed by atoms with E-state index in [-0.39, 0.29) is 57.7 Å². The van der Waals surface area contributed by atoms with E-state index in [1.54, 1.807) is 128 Å². The SMILES string of the molecule is COc1cc(O)c2c(c1C=O)CCC2.COc1cc(OCc2cccc(-c3ccccc3)c2C(F)(F)F)c2c(c1C=O)CCC2.COc1cc(OCc2cccc(-c3ccccc3)c2C(F)(F)F)c2c(c1CN1CCCC[C@H]1C(=O)O)CCC2.FC(F)(F)c1c(CBr)cccc1-c1ccccc1. The molecule has 0 aromatic heterocycles. The number of methoxy groups -OCH3 is 3. The quantitative estimate of drug-likeness (QED) is 0.0482. The predicted molar refractivity (Wildman–Crippen MR) is 375 cm³/mol. The number of likely N-dealkylation sites (tertiary alicyclic amines) is 1. The zero-order chi connectivity index (χ0) is 72.9. The van der Waals surface area contributed by atoms with Crippen LogP contribution in [0.1, 0.15) is 132 Å². The third-order valence-corrected chi connectivity index (χ3v) is 19.4. The highest BCUT2D eigenvalue weighted by atomic mass is 79.9. The van der Waals surface area contributed by atoms with Gasteiger partial charge in [0.1, 0.15) is 53.8 Å². The van der Waals surface area contributed by atoms with Gasteiger partial charge in [-0.25, -0.2) is 0 Å². The summed E-state index contributed by atoms with van der Waals surface area (Å²) in [5, 5.41) is 19.6. The van der Waals surface area contributed by atoms with Crippen molar-refractivity contribution in [2.24, 2.45) is 0 Å². The number of hydrogen-bond donors (Lipinski definition) is 2. The zero-order valence-electron chi connectivity index (χ0n) is 56.2. The molecule has 0 spiro atoms. The highest BCUT2D eigenvalue weighted by Crippen LogP contribution is 2.47. The van der Waals surface area contributed by atoms with Crippen LogP contribution in [0.4, 0.5) is 39.5 Å². The molecule has 0 radical (unpaired) electrons. The Balaban J connectivity index is 0.000000157. The van der Waals surface area contributed by atoms with Crippen LogP contribution in [0.2, 0.25) is 0 Å². The zero-order valence-corrected chi connectivity index (χ0v) is 57.8. The van der Waals surface area contributed by atoms with E-state index in [2.05, 4.69) is 15.9 Å². The van der Waals surface area contributed by atoms with Crippen molar-refractivity contribution >= 4 is 34.5 Å². The average Bonchev–Trinajstić information content (AvgIpc) is 1.33. The van der Waals surface area contributed by atoms with Gasteiger partial charge in [-0.3, -0.25) is 19.3 Å². The Morgan fingerprint density at radius 1 is 0.471 bits per heavy atom. The molecule has 102 heavy (non-hydrogen) atoms. The van der Waals surface area contributed by atoms with Gasteiger partial charge in [-0.15, -0.1) is 0 Å². The number of piperidine rings is 1. The first-order chi connectivity index (χ1) is 49.0. The van der Waals surface area contributed by atoms with Crippen molar-refractivity contribution in [3.8, 4) is 67.9 Å². The van der Waals surface area contributed by atoms with Crippen LogP contribution in [-0.4, -0.2) is 67.6 Å². The molecular formula is C81H75BrF9NO10. The number of aliphatic carboxylic acids is 1. The maximum Gasteiger partial charge on any atom is 0.417 e. The summed E-state index contributed by atoms with van der Waals surface area (Å²) in [5.74, 6) is 1.85. The lowest BCUT2D eigenvalue weighted by Crippen LogP contribution is -2.44. The Kier molecular flexibility index (Phi) is 24.6. The molecule has 0 saturated carbocycles. The maximum absolute atomic E-state index is 14.3. The Bertz CT molecular complexity index is 4430. The molecule has 1 aliphatic heterocycles. The van der Waals surface area contributed by atoms with Gasteiger partial charge in [0.05, 0.1) is 49.1 Å². The molecule has 9 aromatic rings. The lowest BCUT2D eigenvalue weighted by molar-refractivity contribution is -0.145. The van der Waals surface area contributed by atoms with Crippen molar-refractivity contribution in [3.05, 3.63) is 247 Å². The fourth-order valence-corrected chi connectivity index (χ4v) is 14.7. The van der Waals surface area contributed by atoms with E-state index in [1.807, 2.05) is 4.90 Å². The van der Waals surface area contributed by atoms with Gasteiger partial charge in [0, 0.05) is 46.8 Å². The second-order valence-corrected chi connectivity index (χ2v) is 25.4. The molecule has 3 aliphatic carbocycles. The number of alkyl halides is 10. The summed E-state index contributed by atoms with van der Waals surface area (Å²) >= 11 is 3.11. The average molecular weight is 1470 g/mol. The highest BCUT2D eigenvalue weighted by Gasteiger charge is 2.40. The number of carbonyl (C=O) groups excluding carboxylic acids is 2. The normalized spacial score (nSPS) is 14.6. The molecule has 4 aliphatic rings. The van der Waals surface area contributed by atoms with Crippen molar-refractivity contribution in [1.82, 2.24) is 4.90 Å². The summed E-state index contributed by atoms with van der Waals surface area (Å²) in [4.78, 5) is 36.3. The second-order valence-electron chi connectivity index (χ2n) is 24.9. The van der Waals surface area contributed by atoms with Gasteiger partial charge >= 0.3 is 24.5 Å². The smallest absolute Gasteiger partial charge is 0.417 e. The van der Waals surface area contributed by atoms with E-state index in [1.165, 1.54) is 56.7 Å². The minimum Gasteiger partial charge on any atom is -0.508 e. The third kappa shape index (κ3) is 17.1. The summed E-state index contributed by atoms with van der Waals surface area (Å²) in [7, 11) is 4.52. The maximum atomic E-state index is 14.3. The van der Waals surface area contributed by atoms with Gasteiger partial charge in [0.2, 0.25) is 0 Å². The number of carboxylic acids is 1. The summed E-state index contributed by atoms with van der Waals surface area (Å²) in [6, 6.07) is 43.8. The molecule has 0 bridgehead atoms. The predicted octanol–water partition coefficient (Wildman–Crippen LogP) is 20.1. The number of fused-ring (bicyclic) bond motifs is 3. The standard InChI is InChI=1S/C31H32F3NO4.C25H21F3O3.C14H10BrF3.C11H12O3/c1-38-27-17-28(24-14-8-13-23(24)25(27)18-35-16-6-5-15-26(35)30(36)37)39-19-21-11-7-12-22(29(21)31(32,33)34)20-9-3-2-4-10-20;1-30-22-13-23(20-12-6-11-19(20)21(22)14-29)31-15-17-9-5-10-18(24(17)25(26,27)28)16-7-3-2-4-8-16;15-9-11-7-4-8-12(13(11)14(16,17)18)10-5-2-1-3-6-10;1-14-11-5-10(13)8-4-2-3-7(8)9(11)6-12/h2-4,7,9-12,17,26H,5-6,8,13-16,18-19H2,1H3,(H,36,37);2-5,7-10,13-14H,6,11-12,15H2,1H3;1-8H,9H2;5-6,13H,2-4H2,1H3/t26-;;;/m0.../s1. The number of rotatable bonds is 18. The molecule has 1 fully saturated rings. The molecule has 534 valence electrons. The fraction of sp³-hybridized carbons (Fsp3) is 0.296. The first-order valence-electron chi connectivity index (χ1n) is 33.3. The van der Waals surface area contributed by atoms with E-state index in [4.69, 9.17) is 23.7 Å². The second kappa shape index (κ2) is 33.5. The molecule has 1 saturated heterocycles. The van der Waals surface area contributed by atoms with Gasteiger partial charge in [-0.05, 0) is 149 Å². The van der Waals surface area contributed by atoms with Crippen molar-refractivity contribution < 1.29 is 87.8 Å². The summed E-state index contributed by atoms with van der Waals surface area (Å²) < 4.78 is 153. The minimum atomic E-state index is -4.55. The molecule has 13 rings (SSSR count). The van der Waals surface area contributed by atoms with Crippen LogP contribution in [0, 0.1) is 0 Å². The topological polar surface area (TPSA) is 141 Å². The van der Waals surface area contributed by atoms with E-state index in [9.17, 15) is 64.1 Å². The Morgan fingerprint density at radius 3 is 1.27 bits per heavy atom. The number of nitrogens with zero attached hydrogens (tertiary/aromatic N) is 1. The molecule has 0 unspecified atom stereocenters. The third-order valence-electron chi connectivity index (χ3n) is 18.8. The molecule has 2 N–H and O–H groups in total. The summed E-state index contributed by atoms with van der Waals surface area (Å²) in [5.41, 5.74) is 8.12. The van der Waals surface area contributed by atoms with Crippen LogP contribution in [0.3, 0.4) is 0 Å². The van der Waals surface area contributed by atoms with Crippen LogP contribution in [0.15, 0.2) is 164 Å². The van der Waals surface area contributed by atoms with Gasteiger partial charge in [-0.2, -0.15) is 39.5 Å². The molecular weight excluding hydrogens is 1400 g/mol. The Labute approximate surface area is 593 Å². The first kappa shape index (κ1) is 75.1. The number of aromatic hydroxyl groups is 1. The molecule has 1 atom stereocenters. The van der Waals surface area contributed by atoms with Crippen molar-refractivity contribution in [1.29, 1.82) is 0 Å². The van der Waals surface area contributed by atoms with Crippen molar-refractivity contribution in [3.63, 3.8) is 0 Å². The van der Waals surface area contributed by atoms with Crippen LogP contribution < -0.4 is 23.7 Å². The van der Waals surface area contributed by atoms with Gasteiger partial charge in [0.25, 0.3) is 0 Å². The number of ether oxygens (including phenoxy) is 5. The van der Waals surface area contributed by atoms with E-state index in [0.29, 0.717) is 88.9 Å². The monoisotopic (exact) mass is 1470 g/mol. The summed E-state index contributed by atoms with van der Waals surface area (Å²) in [6.45, 7) is 0.675. The van der Waals surface area contributed by atoms with Crippen LogP contribution in [-0.2, 0) is 86.9 Å². The number of aldehydes is 2. The van der Waals surface area contributed by atoms with Crippen LogP contribution in [0.25, 0.3) is 33.4 Å². The van der Waals surface area contributed by atoms with E-state index < -0.39 is 47.2 Å². The molecule has 0 amide bonds. The molecule has 11 nitrogen and oxygen atoms in total. The largest absolute Gasteiger partial charge is 0.508 e. The van der Waals surface area contributed by atoms with Crippen molar-refractivity contribution in [2.45, 2.75) is 127 Å². The Hall–Kier alpha value is -9.60. The van der Waals surface area contributed by atoms with Gasteiger partial charge < -0.3 is 33.9 Å². The minimum absolute atomic E-state index is 0.0547. The number of phenols is 1. The molecule has 9 aromatic carbocycles. The fourth-order valence-electron chi connectivity index (χ4n) is 14.2. The summed E-state index contributed by atoms with van der Waals surface area (Å²) in [6.07, 6.45) is -1.99. The number of carboxylic acid groups (broad SMARTS) is 1. The molecule has 21 heteroatoms. The number of halogens is 10. The van der Waals surface area contributed by atoms with Gasteiger partial charge in [0.15, 0.2) is 12.6 Å². The number of hydrogen-bond acceptors (Lipinski definition) is 10. The lowest BCUT2D eigenvalue weighted by Gasteiger charge is -2.34. The first-order valence-corrected chi connectivity index (χ1v) is 34.4. The van der Waals surface area contributed by atoms with Crippen molar-refractivity contribution in [2.75, 3.05) is 27.9 Å². The van der Waals surface area contributed by atoms with Crippen LogP contribution in [0.5, 0.6) is 34.5 Å². The van der Waals surface area contributed by atoms with E-state index >= 15 is 0 Å². The number of carbonyl (C=O) groups is 3. The van der Waals surface area contributed by atoms with Gasteiger partial charge in [-0.1, -0.05) is 168 Å². The number of phenolic OH excluding ortho intramolecular Hbond substituents is 1. The Morgan fingerprint density at radius 2 is 0.853 bits per heavy atom. The molecule has 1 heterocycles. The van der Waals surface area contributed by atoms with E-state index in [0.717, 1.165) is 109 Å². The lowest BCUT2D eigenvalue weighted by atomic mass is 9.95. The van der Waals surface area contributed by atoms with Crippen LogP contribution >= 0.6 is 15.9 Å². The number of benzene rings is 9.